The van der Waals surface area contributed by atoms with Gasteiger partial charge in [0.1, 0.15) is 0 Å². The summed E-state index contributed by atoms with van der Waals surface area (Å²) in [5, 5.41) is 6.72. The van der Waals surface area contributed by atoms with Crippen LogP contribution in [0, 0.1) is 0 Å². The largest absolute Gasteiger partial charge is 0.454 e. The van der Waals surface area contributed by atoms with Gasteiger partial charge in [0.05, 0.1) is 6.21 Å². The van der Waals surface area contributed by atoms with Gasteiger partial charge in [-0.1, -0.05) is 16.8 Å². The van der Waals surface area contributed by atoms with E-state index in [0.717, 1.165) is 5.56 Å². The predicted octanol–water partition coefficient (Wildman–Crippen LogP) is 3.65. The average molecular weight is 319 g/mol. The Hall–Kier alpha value is -2.73. The van der Waals surface area contributed by atoms with Gasteiger partial charge in [0.15, 0.2) is 11.5 Å². The fourth-order valence-electron chi connectivity index (χ4n) is 1.80. The van der Waals surface area contributed by atoms with Gasteiger partial charge >= 0.3 is 6.09 Å². The van der Waals surface area contributed by atoms with Crippen molar-refractivity contribution in [3.8, 4) is 11.5 Å². The van der Waals surface area contributed by atoms with Crippen molar-refractivity contribution >= 4 is 29.6 Å². The lowest BCUT2D eigenvalue weighted by Gasteiger charge is -2.02. The SMILES string of the molecule is O=C(Nc1ccc(Cl)cc1)O/N=C\c1ccc2c(c1)OCO2. The van der Waals surface area contributed by atoms with Crippen molar-refractivity contribution in [2.75, 3.05) is 12.1 Å². The standard InChI is InChI=1S/C15H11ClN2O4/c16-11-2-4-12(5-3-11)18-15(19)22-17-8-10-1-6-13-14(7-10)21-9-20-13/h1-8H,9H2,(H,18,19)/b17-8-. The molecule has 0 bridgehead atoms. The van der Waals surface area contributed by atoms with E-state index in [9.17, 15) is 4.79 Å². The highest BCUT2D eigenvalue weighted by atomic mass is 35.5. The summed E-state index contributed by atoms with van der Waals surface area (Å²) < 4.78 is 10.4. The van der Waals surface area contributed by atoms with Crippen LogP contribution in [0.5, 0.6) is 11.5 Å². The highest BCUT2D eigenvalue weighted by molar-refractivity contribution is 6.30. The number of fused-ring (bicyclic) bond motifs is 1. The van der Waals surface area contributed by atoms with E-state index in [1.165, 1.54) is 6.21 Å². The molecule has 1 aliphatic rings. The third kappa shape index (κ3) is 3.48. The Kier molecular flexibility index (Phi) is 4.11. The summed E-state index contributed by atoms with van der Waals surface area (Å²) >= 11 is 5.75. The molecule has 22 heavy (non-hydrogen) atoms. The Balaban J connectivity index is 1.55. The van der Waals surface area contributed by atoms with Gasteiger partial charge in [-0.15, -0.1) is 0 Å². The molecule has 7 heteroatoms. The Bertz CT molecular complexity index is 716. The molecule has 3 rings (SSSR count). The minimum Gasteiger partial charge on any atom is -0.454 e. The van der Waals surface area contributed by atoms with Gasteiger partial charge in [0.25, 0.3) is 0 Å². The normalized spacial score (nSPS) is 12.4. The molecule has 1 aliphatic heterocycles. The second kappa shape index (κ2) is 6.36. The molecule has 0 spiro atoms. The number of ether oxygens (including phenoxy) is 2. The molecule has 1 heterocycles. The molecule has 2 aromatic rings. The van der Waals surface area contributed by atoms with Gasteiger partial charge in [0, 0.05) is 16.3 Å². The number of nitrogens with one attached hydrogen (secondary N) is 1. The van der Waals surface area contributed by atoms with Gasteiger partial charge in [-0.2, -0.15) is 0 Å². The first kappa shape index (κ1) is 14.2. The van der Waals surface area contributed by atoms with E-state index in [-0.39, 0.29) is 6.79 Å². The number of anilines is 1. The van der Waals surface area contributed by atoms with Crippen molar-refractivity contribution in [1.82, 2.24) is 0 Å². The molecule has 2 aromatic carbocycles. The van der Waals surface area contributed by atoms with E-state index in [4.69, 9.17) is 25.9 Å². The zero-order valence-corrected chi connectivity index (χ0v) is 12.0. The van der Waals surface area contributed by atoms with E-state index in [0.29, 0.717) is 22.2 Å². The quantitative estimate of drug-likeness (QED) is 0.533. The number of amides is 1. The molecule has 0 saturated carbocycles. The van der Waals surface area contributed by atoms with Gasteiger partial charge in [-0.3, -0.25) is 10.2 Å². The monoisotopic (exact) mass is 318 g/mol. The second-order valence-corrected chi connectivity index (χ2v) is 4.79. The maximum atomic E-state index is 11.6. The number of nitrogens with zero attached hydrogens (tertiary/aromatic N) is 1. The summed E-state index contributed by atoms with van der Waals surface area (Å²) in [6.45, 7) is 0.204. The summed E-state index contributed by atoms with van der Waals surface area (Å²) in [6, 6.07) is 11.9. The van der Waals surface area contributed by atoms with Crippen molar-refractivity contribution in [3.05, 3.63) is 53.1 Å². The molecule has 0 unspecified atom stereocenters. The minimum atomic E-state index is -0.695. The van der Waals surface area contributed by atoms with Gasteiger partial charge in [-0.25, -0.2) is 4.79 Å². The highest BCUT2D eigenvalue weighted by Gasteiger charge is 2.12. The molecule has 1 amide bonds. The summed E-state index contributed by atoms with van der Waals surface area (Å²) in [5.41, 5.74) is 1.29. The van der Waals surface area contributed by atoms with E-state index in [2.05, 4.69) is 10.5 Å². The van der Waals surface area contributed by atoms with E-state index in [1.807, 2.05) is 0 Å². The Morgan fingerprint density at radius 1 is 1.18 bits per heavy atom. The molecule has 0 aromatic heterocycles. The second-order valence-electron chi connectivity index (χ2n) is 4.36. The van der Waals surface area contributed by atoms with Crippen molar-refractivity contribution in [3.63, 3.8) is 0 Å². The van der Waals surface area contributed by atoms with E-state index < -0.39 is 6.09 Å². The molecule has 0 saturated heterocycles. The van der Waals surface area contributed by atoms with Crippen molar-refractivity contribution < 1.29 is 19.1 Å². The van der Waals surface area contributed by atoms with Crippen LogP contribution in [0.25, 0.3) is 0 Å². The maximum Gasteiger partial charge on any atom is 0.437 e. The van der Waals surface area contributed by atoms with Crippen LogP contribution in [0.15, 0.2) is 47.6 Å². The van der Waals surface area contributed by atoms with Crippen molar-refractivity contribution in [1.29, 1.82) is 0 Å². The fraction of sp³-hybridized carbons (Fsp3) is 0.0667. The zero-order valence-electron chi connectivity index (χ0n) is 11.3. The third-order valence-electron chi connectivity index (χ3n) is 2.82. The molecular weight excluding hydrogens is 308 g/mol. The molecule has 0 aliphatic carbocycles. The Morgan fingerprint density at radius 3 is 2.77 bits per heavy atom. The van der Waals surface area contributed by atoms with Crippen LogP contribution in [-0.4, -0.2) is 19.1 Å². The zero-order chi connectivity index (χ0) is 15.4. The van der Waals surface area contributed by atoms with Crippen molar-refractivity contribution in [2.45, 2.75) is 0 Å². The fourth-order valence-corrected chi connectivity index (χ4v) is 1.93. The number of carbonyl (C=O) groups excluding carboxylic acids is 1. The molecular formula is C15H11ClN2O4. The summed E-state index contributed by atoms with van der Waals surface area (Å²) in [4.78, 5) is 16.3. The highest BCUT2D eigenvalue weighted by Crippen LogP contribution is 2.31. The van der Waals surface area contributed by atoms with Gasteiger partial charge in [0.2, 0.25) is 6.79 Å². The predicted molar refractivity (Wildman–Crippen MR) is 81.7 cm³/mol. The summed E-state index contributed by atoms with van der Waals surface area (Å²) in [7, 11) is 0. The Labute approximate surface area is 131 Å². The van der Waals surface area contributed by atoms with Crippen LogP contribution in [0.4, 0.5) is 10.5 Å². The van der Waals surface area contributed by atoms with E-state index in [1.54, 1.807) is 42.5 Å². The van der Waals surface area contributed by atoms with Crippen LogP contribution in [-0.2, 0) is 4.84 Å². The topological polar surface area (TPSA) is 69.2 Å². The molecule has 0 fully saturated rings. The van der Waals surface area contributed by atoms with Crippen molar-refractivity contribution in [2.24, 2.45) is 5.16 Å². The van der Waals surface area contributed by atoms with Crippen LogP contribution in [0.2, 0.25) is 5.02 Å². The number of hydrogen-bond donors (Lipinski definition) is 1. The van der Waals surface area contributed by atoms with E-state index >= 15 is 0 Å². The molecule has 0 atom stereocenters. The molecule has 0 radical (unpaired) electrons. The molecule has 6 nitrogen and oxygen atoms in total. The van der Waals surface area contributed by atoms with Gasteiger partial charge < -0.3 is 9.47 Å². The minimum absolute atomic E-state index is 0.204. The first-order valence-corrected chi connectivity index (χ1v) is 6.75. The lowest BCUT2D eigenvalue weighted by atomic mass is 10.2. The number of hydrogen-bond acceptors (Lipinski definition) is 5. The summed E-state index contributed by atoms with van der Waals surface area (Å²) in [5.74, 6) is 1.31. The first-order chi connectivity index (χ1) is 10.7. The lowest BCUT2D eigenvalue weighted by Crippen LogP contribution is -2.10. The average Bonchev–Trinajstić information content (AvgIpc) is 2.97. The smallest absolute Gasteiger partial charge is 0.437 e. The maximum absolute atomic E-state index is 11.6. The molecule has 112 valence electrons. The van der Waals surface area contributed by atoms with Crippen LogP contribution < -0.4 is 14.8 Å². The van der Waals surface area contributed by atoms with Crippen LogP contribution in [0.3, 0.4) is 0 Å². The Morgan fingerprint density at radius 2 is 1.95 bits per heavy atom. The number of oxime groups is 1. The molecule has 1 N–H and O–H groups in total. The lowest BCUT2D eigenvalue weighted by molar-refractivity contribution is 0.167. The van der Waals surface area contributed by atoms with Gasteiger partial charge in [-0.05, 0) is 42.5 Å². The number of benzene rings is 2. The number of halogens is 1. The first-order valence-electron chi connectivity index (χ1n) is 6.37. The number of rotatable bonds is 3. The summed E-state index contributed by atoms with van der Waals surface area (Å²) in [6.07, 6.45) is 0.711. The van der Waals surface area contributed by atoms with Crippen LogP contribution in [0.1, 0.15) is 5.56 Å². The van der Waals surface area contributed by atoms with Crippen LogP contribution >= 0.6 is 11.6 Å². The number of carbonyl (C=O) groups is 1. The third-order valence-corrected chi connectivity index (χ3v) is 3.08.